The van der Waals surface area contributed by atoms with Crippen molar-refractivity contribution in [2.24, 2.45) is 4.99 Å². The molecule has 1 aromatic rings. The summed E-state index contributed by atoms with van der Waals surface area (Å²) in [6.45, 7) is 7.68. The highest BCUT2D eigenvalue weighted by Gasteiger charge is 2.21. The number of aliphatic imine (C=N–C) groups is 1. The number of guanidine groups is 1. The average Bonchev–Trinajstić information content (AvgIpc) is 2.34. The van der Waals surface area contributed by atoms with Gasteiger partial charge in [-0.1, -0.05) is 26.0 Å². The SMILES string of the molecule is CCNC(=NC)NCC(C)(C)c1cccc(F)c1. The molecule has 0 heterocycles. The molecule has 1 rings (SSSR count). The van der Waals surface area contributed by atoms with Gasteiger partial charge in [0.1, 0.15) is 5.82 Å². The third-order valence-electron chi connectivity index (χ3n) is 2.87. The van der Waals surface area contributed by atoms with Crippen LogP contribution in [0.25, 0.3) is 0 Å². The van der Waals surface area contributed by atoms with Gasteiger partial charge in [0.2, 0.25) is 0 Å². The van der Waals surface area contributed by atoms with E-state index in [0.717, 1.165) is 18.1 Å². The van der Waals surface area contributed by atoms with E-state index in [1.807, 2.05) is 13.0 Å². The van der Waals surface area contributed by atoms with Crippen molar-refractivity contribution in [3.63, 3.8) is 0 Å². The van der Waals surface area contributed by atoms with Gasteiger partial charge in [0, 0.05) is 25.6 Å². The maximum absolute atomic E-state index is 13.2. The molecule has 0 bridgehead atoms. The summed E-state index contributed by atoms with van der Waals surface area (Å²) >= 11 is 0. The Bertz CT molecular complexity index is 413. The maximum atomic E-state index is 13.2. The van der Waals surface area contributed by atoms with Crippen molar-refractivity contribution < 1.29 is 4.39 Å². The van der Waals surface area contributed by atoms with Crippen molar-refractivity contribution in [3.05, 3.63) is 35.6 Å². The van der Waals surface area contributed by atoms with Crippen LogP contribution in [0.5, 0.6) is 0 Å². The predicted molar refractivity (Wildman–Crippen MR) is 74.5 cm³/mol. The summed E-state index contributed by atoms with van der Waals surface area (Å²) in [5.41, 5.74) is 0.815. The van der Waals surface area contributed by atoms with E-state index in [1.54, 1.807) is 19.2 Å². The lowest BCUT2D eigenvalue weighted by Gasteiger charge is -2.26. The number of nitrogens with zero attached hydrogens (tertiary/aromatic N) is 1. The van der Waals surface area contributed by atoms with E-state index in [0.29, 0.717) is 6.54 Å². The van der Waals surface area contributed by atoms with Gasteiger partial charge < -0.3 is 10.6 Å². The van der Waals surface area contributed by atoms with Crippen LogP contribution in [-0.2, 0) is 5.41 Å². The molecule has 4 heteroatoms. The number of rotatable bonds is 4. The standard InChI is InChI=1S/C14H22FN3/c1-5-17-13(16-4)18-10-14(2,3)11-7-6-8-12(15)9-11/h6-9H,5,10H2,1-4H3,(H2,16,17,18). The first-order chi connectivity index (χ1) is 8.49. The minimum atomic E-state index is -0.198. The molecule has 0 fully saturated rings. The van der Waals surface area contributed by atoms with Gasteiger partial charge in [0.25, 0.3) is 0 Å². The molecule has 3 nitrogen and oxygen atoms in total. The van der Waals surface area contributed by atoms with Crippen LogP contribution in [0.2, 0.25) is 0 Å². The van der Waals surface area contributed by atoms with Gasteiger partial charge >= 0.3 is 0 Å². The zero-order valence-corrected chi connectivity index (χ0v) is 11.5. The molecule has 0 radical (unpaired) electrons. The summed E-state index contributed by atoms with van der Waals surface area (Å²) in [7, 11) is 1.74. The number of hydrogen-bond acceptors (Lipinski definition) is 1. The number of halogens is 1. The Morgan fingerprint density at radius 2 is 2.06 bits per heavy atom. The lowest BCUT2D eigenvalue weighted by Crippen LogP contribution is -2.43. The van der Waals surface area contributed by atoms with Crippen LogP contribution in [0.3, 0.4) is 0 Å². The van der Waals surface area contributed by atoms with E-state index in [4.69, 9.17) is 0 Å². The fourth-order valence-electron chi connectivity index (χ4n) is 1.70. The second-order valence-electron chi connectivity index (χ2n) is 4.85. The van der Waals surface area contributed by atoms with Crippen molar-refractivity contribution in [1.29, 1.82) is 0 Å². The predicted octanol–water partition coefficient (Wildman–Crippen LogP) is 2.29. The average molecular weight is 251 g/mol. The molecule has 0 spiro atoms. The molecule has 18 heavy (non-hydrogen) atoms. The summed E-state index contributed by atoms with van der Waals surface area (Å²) in [6.07, 6.45) is 0. The van der Waals surface area contributed by atoms with Crippen LogP contribution in [-0.4, -0.2) is 26.1 Å². The van der Waals surface area contributed by atoms with E-state index >= 15 is 0 Å². The zero-order chi connectivity index (χ0) is 13.6. The molecule has 0 aliphatic heterocycles. The fourth-order valence-corrected chi connectivity index (χ4v) is 1.70. The first-order valence-corrected chi connectivity index (χ1v) is 6.20. The Balaban J connectivity index is 2.70. The van der Waals surface area contributed by atoms with Crippen LogP contribution in [0.1, 0.15) is 26.3 Å². The molecule has 1 aromatic carbocycles. The molecule has 0 saturated carbocycles. The lowest BCUT2D eigenvalue weighted by molar-refractivity contribution is 0.503. The van der Waals surface area contributed by atoms with Crippen LogP contribution in [0.4, 0.5) is 4.39 Å². The van der Waals surface area contributed by atoms with E-state index in [2.05, 4.69) is 29.5 Å². The Hall–Kier alpha value is -1.58. The van der Waals surface area contributed by atoms with Gasteiger partial charge in [-0.25, -0.2) is 4.39 Å². The molecule has 0 aliphatic carbocycles. The minimum Gasteiger partial charge on any atom is -0.357 e. The number of nitrogens with one attached hydrogen (secondary N) is 2. The molecular formula is C14H22FN3. The second kappa shape index (κ2) is 6.38. The smallest absolute Gasteiger partial charge is 0.190 e. The van der Waals surface area contributed by atoms with Crippen LogP contribution in [0.15, 0.2) is 29.3 Å². The molecule has 100 valence electrons. The summed E-state index contributed by atoms with van der Waals surface area (Å²) in [5, 5.41) is 6.38. The Labute approximate surface area is 109 Å². The van der Waals surface area contributed by atoms with E-state index in [1.165, 1.54) is 6.07 Å². The molecule has 0 amide bonds. The van der Waals surface area contributed by atoms with Gasteiger partial charge in [-0.05, 0) is 24.6 Å². The Kier molecular flexibility index (Phi) is 5.13. The van der Waals surface area contributed by atoms with Gasteiger partial charge in [-0.3, -0.25) is 4.99 Å². The van der Waals surface area contributed by atoms with Gasteiger partial charge in [0.15, 0.2) is 5.96 Å². The first-order valence-electron chi connectivity index (χ1n) is 6.20. The van der Waals surface area contributed by atoms with Gasteiger partial charge in [-0.15, -0.1) is 0 Å². The monoisotopic (exact) mass is 251 g/mol. The van der Waals surface area contributed by atoms with Crippen molar-refractivity contribution in [3.8, 4) is 0 Å². The third kappa shape index (κ3) is 4.02. The van der Waals surface area contributed by atoms with Gasteiger partial charge in [-0.2, -0.15) is 0 Å². The maximum Gasteiger partial charge on any atom is 0.190 e. The summed E-state index contributed by atoms with van der Waals surface area (Å²) < 4.78 is 13.2. The minimum absolute atomic E-state index is 0.159. The fraction of sp³-hybridized carbons (Fsp3) is 0.500. The van der Waals surface area contributed by atoms with Crippen molar-refractivity contribution in [1.82, 2.24) is 10.6 Å². The topological polar surface area (TPSA) is 36.4 Å². The second-order valence-corrected chi connectivity index (χ2v) is 4.85. The molecular weight excluding hydrogens is 229 g/mol. The van der Waals surface area contributed by atoms with E-state index in [9.17, 15) is 4.39 Å². The highest BCUT2D eigenvalue weighted by atomic mass is 19.1. The molecule has 2 N–H and O–H groups in total. The molecule has 0 atom stereocenters. The largest absolute Gasteiger partial charge is 0.357 e. The quantitative estimate of drug-likeness (QED) is 0.636. The summed E-state index contributed by atoms with van der Waals surface area (Å²) in [6, 6.07) is 6.73. The zero-order valence-electron chi connectivity index (χ0n) is 11.5. The molecule has 0 unspecified atom stereocenters. The normalized spacial score (nSPS) is 12.4. The van der Waals surface area contributed by atoms with Gasteiger partial charge in [0.05, 0.1) is 0 Å². The summed E-state index contributed by atoms with van der Waals surface area (Å²) in [4.78, 5) is 4.11. The Morgan fingerprint density at radius 1 is 1.33 bits per heavy atom. The number of hydrogen-bond donors (Lipinski definition) is 2. The van der Waals surface area contributed by atoms with Crippen molar-refractivity contribution in [2.45, 2.75) is 26.2 Å². The first kappa shape index (κ1) is 14.5. The highest BCUT2D eigenvalue weighted by molar-refractivity contribution is 5.79. The molecule has 0 aromatic heterocycles. The van der Waals surface area contributed by atoms with Crippen LogP contribution >= 0.6 is 0 Å². The highest BCUT2D eigenvalue weighted by Crippen LogP contribution is 2.22. The molecule has 0 saturated heterocycles. The molecule has 0 aliphatic rings. The van der Waals surface area contributed by atoms with Crippen molar-refractivity contribution in [2.75, 3.05) is 20.1 Å². The lowest BCUT2D eigenvalue weighted by atomic mass is 9.84. The van der Waals surface area contributed by atoms with Crippen LogP contribution in [0, 0.1) is 5.82 Å². The Morgan fingerprint density at radius 3 is 2.61 bits per heavy atom. The van der Waals surface area contributed by atoms with E-state index < -0.39 is 0 Å². The third-order valence-corrected chi connectivity index (χ3v) is 2.87. The summed E-state index contributed by atoms with van der Waals surface area (Å²) in [5.74, 6) is 0.568. The number of benzene rings is 1. The van der Waals surface area contributed by atoms with Crippen LogP contribution < -0.4 is 10.6 Å². The van der Waals surface area contributed by atoms with E-state index in [-0.39, 0.29) is 11.2 Å². The van der Waals surface area contributed by atoms with Crippen molar-refractivity contribution >= 4 is 5.96 Å².